The van der Waals surface area contributed by atoms with Crippen molar-refractivity contribution in [1.82, 2.24) is 0 Å². The zero-order chi connectivity index (χ0) is 18.0. The topological polar surface area (TPSA) is 76.7 Å². The first-order chi connectivity index (χ1) is 11.7. The van der Waals surface area contributed by atoms with Crippen molar-refractivity contribution in [1.29, 1.82) is 0 Å². The number of hydrogen-bond donors (Lipinski definition) is 1. The Labute approximate surface area is 147 Å². The number of furan rings is 1. The second kappa shape index (κ2) is 5.19. The van der Waals surface area contributed by atoms with Gasteiger partial charge in [0.25, 0.3) is 0 Å². The van der Waals surface area contributed by atoms with Crippen LogP contribution in [0.5, 0.6) is 0 Å². The van der Waals surface area contributed by atoms with Crippen LogP contribution in [0, 0.1) is 22.7 Å². The van der Waals surface area contributed by atoms with E-state index < -0.39 is 11.0 Å². The number of ketones is 1. The Morgan fingerprint density at radius 2 is 1.96 bits per heavy atom. The lowest BCUT2D eigenvalue weighted by Gasteiger charge is -2.63. The third-order valence-electron chi connectivity index (χ3n) is 7.71. The van der Waals surface area contributed by atoms with Gasteiger partial charge in [0, 0.05) is 17.4 Å². The molecule has 1 aliphatic heterocycles. The highest BCUT2D eigenvalue weighted by molar-refractivity contribution is 5.89. The Morgan fingerprint density at radius 1 is 1.20 bits per heavy atom. The maximum absolute atomic E-state index is 12.8. The van der Waals surface area contributed by atoms with Crippen LogP contribution in [0.15, 0.2) is 23.0 Å². The lowest BCUT2D eigenvalue weighted by molar-refractivity contribution is -0.221. The third kappa shape index (κ3) is 2.11. The van der Waals surface area contributed by atoms with Gasteiger partial charge in [-0.3, -0.25) is 9.59 Å². The summed E-state index contributed by atoms with van der Waals surface area (Å²) in [4.78, 5) is 25.2. The van der Waals surface area contributed by atoms with Gasteiger partial charge in [-0.15, -0.1) is 0 Å². The van der Waals surface area contributed by atoms with Crippen LogP contribution in [0.1, 0.15) is 64.5 Å². The van der Waals surface area contributed by atoms with Crippen LogP contribution in [-0.4, -0.2) is 22.5 Å². The van der Waals surface area contributed by atoms with Crippen molar-refractivity contribution in [3.05, 3.63) is 24.2 Å². The van der Waals surface area contributed by atoms with Crippen molar-refractivity contribution >= 4 is 11.8 Å². The largest absolute Gasteiger partial charge is 0.472 e. The van der Waals surface area contributed by atoms with E-state index in [1.807, 2.05) is 13.0 Å². The number of cyclic esters (lactones) is 1. The number of aliphatic hydroxyl groups is 1. The third-order valence-corrected chi connectivity index (χ3v) is 7.71. The molecule has 0 bridgehead atoms. The van der Waals surface area contributed by atoms with E-state index in [9.17, 15) is 14.7 Å². The molecular weight excluding hydrogens is 320 g/mol. The molecule has 0 radical (unpaired) electrons. The first-order valence-electron chi connectivity index (χ1n) is 9.18. The number of carbonyl (C=O) groups excluding carboxylic acids is 2. The van der Waals surface area contributed by atoms with E-state index in [0.717, 1.165) is 12.0 Å². The normalized spacial score (nSPS) is 47.0. The van der Waals surface area contributed by atoms with E-state index in [-0.39, 0.29) is 35.1 Å². The van der Waals surface area contributed by atoms with Crippen LogP contribution >= 0.6 is 0 Å². The predicted octanol–water partition coefficient (Wildman–Crippen LogP) is 3.42. The molecule has 6 atom stereocenters. The molecule has 4 rings (SSSR count). The summed E-state index contributed by atoms with van der Waals surface area (Å²) >= 11 is 0. The summed E-state index contributed by atoms with van der Waals surface area (Å²) in [5.74, 6) is -0.289. The predicted molar refractivity (Wildman–Crippen MR) is 89.5 cm³/mol. The minimum absolute atomic E-state index is 0.0712. The van der Waals surface area contributed by atoms with Gasteiger partial charge in [0.15, 0.2) is 5.78 Å². The smallest absolute Gasteiger partial charge is 0.310 e. The molecular formula is C20H26O5. The Kier molecular flexibility index (Phi) is 3.50. The molecule has 1 aromatic rings. The van der Waals surface area contributed by atoms with Gasteiger partial charge in [-0.25, -0.2) is 0 Å². The van der Waals surface area contributed by atoms with Gasteiger partial charge < -0.3 is 14.3 Å². The van der Waals surface area contributed by atoms with Crippen molar-refractivity contribution < 1.29 is 23.8 Å². The fourth-order valence-corrected chi connectivity index (χ4v) is 5.97. The number of esters is 1. The highest BCUT2D eigenvalue weighted by Crippen LogP contribution is 2.65. The molecule has 2 saturated carbocycles. The van der Waals surface area contributed by atoms with Crippen molar-refractivity contribution in [3.8, 4) is 0 Å². The zero-order valence-corrected chi connectivity index (χ0v) is 15.1. The molecule has 0 spiro atoms. The number of fused-ring (bicyclic) bond motifs is 3. The van der Waals surface area contributed by atoms with Gasteiger partial charge in [-0.2, -0.15) is 0 Å². The minimum atomic E-state index is -1.34. The summed E-state index contributed by atoms with van der Waals surface area (Å²) < 4.78 is 10.9. The number of ether oxygens (including phenoxy) is 1. The van der Waals surface area contributed by atoms with E-state index in [2.05, 4.69) is 6.92 Å². The second-order valence-corrected chi connectivity index (χ2v) is 8.79. The molecule has 1 aromatic heterocycles. The Bertz CT molecular complexity index is 706. The van der Waals surface area contributed by atoms with Gasteiger partial charge in [-0.05, 0) is 50.0 Å². The van der Waals surface area contributed by atoms with Gasteiger partial charge in [0.2, 0.25) is 0 Å². The Balaban J connectivity index is 1.75. The molecule has 0 unspecified atom stereocenters. The first-order valence-corrected chi connectivity index (χ1v) is 9.18. The first kappa shape index (κ1) is 16.8. The fraction of sp³-hybridized carbons (Fsp3) is 0.700. The van der Waals surface area contributed by atoms with E-state index in [1.54, 1.807) is 19.5 Å². The highest BCUT2D eigenvalue weighted by atomic mass is 16.5. The molecule has 136 valence electrons. The molecule has 2 aliphatic carbocycles. The van der Waals surface area contributed by atoms with Crippen LogP contribution in [-0.2, 0) is 14.3 Å². The molecule has 0 aromatic carbocycles. The average molecular weight is 346 g/mol. The quantitative estimate of drug-likeness (QED) is 0.789. The van der Waals surface area contributed by atoms with Gasteiger partial charge in [0.1, 0.15) is 11.7 Å². The molecule has 1 N–H and O–H groups in total. The Hall–Kier alpha value is -1.62. The van der Waals surface area contributed by atoms with Crippen molar-refractivity contribution in [2.45, 2.75) is 64.6 Å². The highest BCUT2D eigenvalue weighted by Gasteiger charge is 2.66. The number of Topliss-reactive ketones (excluding diaryl/α,β-unsaturated/α-hetero) is 1. The van der Waals surface area contributed by atoms with E-state index >= 15 is 0 Å². The molecule has 3 aliphatic rings. The number of rotatable bonds is 1. The molecule has 3 fully saturated rings. The summed E-state index contributed by atoms with van der Waals surface area (Å²) in [6.45, 7) is 5.85. The molecule has 1 saturated heterocycles. The lowest BCUT2D eigenvalue weighted by atomic mass is 9.42. The van der Waals surface area contributed by atoms with Crippen molar-refractivity contribution in [2.24, 2.45) is 22.7 Å². The van der Waals surface area contributed by atoms with Crippen LogP contribution in [0.25, 0.3) is 0 Å². The van der Waals surface area contributed by atoms with Gasteiger partial charge in [-0.1, -0.05) is 13.8 Å². The SMILES string of the molecule is C[C@]12C[C@@H](c3ccoc3)OC(=O)[C@@H]1CC[C@]1(C)[C@@H]2CCC(=O)[C@]1(C)O. The molecule has 5 heteroatoms. The van der Waals surface area contributed by atoms with Crippen LogP contribution in [0.3, 0.4) is 0 Å². The van der Waals surface area contributed by atoms with Crippen LogP contribution in [0.2, 0.25) is 0 Å². The number of carbonyl (C=O) groups is 2. The van der Waals surface area contributed by atoms with Crippen LogP contribution in [0.4, 0.5) is 0 Å². The van der Waals surface area contributed by atoms with E-state index in [4.69, 9.17) is 9.15 Å². The van der Waals surface area contributed by atoms with Gasteiger partial charge >= 0.3 is 5.97 Å². The molecule has 0 amide bonds. The van der Waals surface area contributed by atoms with Crippen molar-refractivity contribution in [2.75, 3.05) is 0 Å². The average Bonchev–Trinajstić information content (AvgIpc) is 3.06. The summed E-state index contributed by atoms with van der Waals surface area (Å²) in [5.41, 5.74) is -1.27. The second-order valence-electron chi connectivity index (χ2n) is 8.79. The molecule has 5 nitrogen and oxygen atoms in total. The zero-order valence-electron chi connectivity index (χ0n) is 15.1. The van der Waals surface area contributed by atoms with Gasteiger partial charge in [0.05, 0.1) is 18.4 Å². The van der Waals surface area contributed by atoms with Crippen molar-refractivity contribution in [3.63, 3.8) is 0 Å². The summed E-state index contributed by atoms with van der Waals surface area (Å²) in [7, 11) is 0. The van der Waals surface area contributed by atoms with Crippen LogP contribution < -0.4 is 0 Å². The number of hydrogen-bond acceptors (Lipinski definition) is 5. The summed E-state index contributed by atoms with van der Waals surface area (Å²) in [6, 6.07) is 1.84. The standard InChI is InChI=1S/C20H26O5/c1-18-10-14(12-7-9-24-11-12)25-17(22)13(18)6-8-19(2)15(18)4-5-16(21)20(19,3)23/h7,9,11,13-15,23H,4-6,8,10H2,1-3H3/t13-,14-,15+,18-,19+,20-/m0/s1. The van der Waals surface area contributed by atoms with E-state index in [1.165, 1.54) is 0 Å². The summed E-state index contributed by atoms with van der Waals surface area (Å²) in [6.07, 6.45) is 6.03. The maximum atomic E-state index is 12.8. The lowest BCUT2D eigenvalue weighted by Crippen LogP contribution is -2.65. The monoisotopic (exact) mass is 346 g/mol. The maximum Gasteiger partial charge on any atom is 0.310 e. The Morgan fingerprint density at radius 3 is 2.64 bits per heavy atom. The van der Waals surface area contributed by atoms with E-state index in [0.29, 0.717) is 25.7 Å². The molecule has 2 heterocycles. The summed E-state index contributed by atoms with van der Waals surface area (Å²) in [5, 5.41) is 11.0. The fourth-order valence-electron chi connectivity index (χ4n) is 5.97. The minimum Gasteiger partial charge on any atom is -0.472 e. The molecule has 25 heavy (non-hydrogen) atoms.